The minimum absolute atomic E-state index is 0.458. The summed E-state index contributed by atoms with van der Waals surface area (Å²) in [6.07, 6.45) is 7.36. The maximum atomic E-state index is 10.8. The SMILES string of the molecule is C=CC(C)CC=CCC(C)(C)C(=O)O. The first-order valence-corrected chi connectivity index (χ1v) is 4.91. The van der Waals surface area contributed by atoms with Crippen molar-refractivity contribution in [3.8, 4) is 0 Å². The predicted octanol–water partition coefficient (Wildman–Crippen LogP) is 3.26. The first-order valence-electron chi connectivity index (χ1n) is 4.91. The molecule has 0 aromatic carbocycles. The average molecular weight is 196 g/mol. The summed E-state index contributed by atoms with van der Waals surface area (Å²) in [6, 6.07) is 0. The Morgan fingerprint density at radius 1 is 1.50 bits per heavy atom. The summed E-state index contributed by atoms with van der Waals surface area (Å²) >= 11 is 0. The van der Waals surface area contributed by atoms with Gasteiger partial charge in [-0.1, -0.05) is 25.2 Å². The summed E-state index contributed by atoms with van der Waals surface area (Å²) in [4.78, 5) is 10.8. The topological polar surface area (TPSA) is 37.3 Å². The molecule has 0 aliphatic rings. The second-order valence-electron chi connectivity index (χ2n) is 4.31. The minimum atomic E-state index is -0.751. The van der Waals surface area contributed by atoms with Crippen LogP contribution in [0.25, 0.3) is 0 Å². The van der Waals surface area contributed by atoms with E-state index in [2.05, 4.69) is 13.5 Å². The highest BCUT2D eigenvalue weighted by Crippen LogP contribution is 2.21. The lowest BCUT2D eigenvalue weighted by Gasteiger charge is -2.16. The Morgan fingerprint density at radius 2 is 2.07 bits per heavy atom. The third-order valence-electron chi connectivity index (χ3n) is 2.28. The summed E-state index contributed by atoms with van der Waals surface area (Å²) in [5.74, 6) is -0.293. The smallest absolute Gasteiger partial charge is 0.309 e. The molecule has 0 aliphatic heterocycles. The monoisotopic (exact) mass is 196 g/mol. The van der Waals surface area contributed by atoms with Gasteiger partial charge in [-0.05, 0) is 32.6 Å². The van der Waals surface area contributed by atoms with E-state index in [-0.39, 0.29) is 0 Å². The number of hydrogen-bond donors (Lipinski definition) is 1. The highest BCUT2D eigenvalue weighted by molar-refractivity contribution is 5.73. The molecular weight excluding hydrogens is 176 g/mol. The molecule has 0 aliphatic carbocycles. The second-order valence-corrected chi connectivity index (χ2v) is 4.31. The van der Waals surface area contributed by atoms with Crippen molar-refractivity contribution in [3.63, 3.8) is 0 Å². The normalized spacial score (nSPS) is 14.2. The Bertz CT molecular complexity index is 226. The fourth-order valence-electron chi connectivity index (χ4n) is 0.872. The number of rotatable bonds is 6. The van der Waals surface area contributed by atoms with Crippen molar-refractivity contribution >= 4 is 5.97 Å². The van der Waals surface area contributed by atoms with Gasteiger partial charge in [-0.3, -0.25) is 4.79 Å². The second kappa shape index (κ2) is 5.63. The lowest BCUT2D eigenvalue weighted by molar-refractivity contribution is -0.146. The average Bonchev–Trinajstić information content (AvgIpc) is 2.11. The van der Waals surface area contributed by atoms with Gasteiger partial charge in [-0.2, -0.15) is 0 Å². The standard InChI is InChI=1S/C12H20O2/c1-5-10(2)8-6-7-9-12(3,4)11(13)14/h5-7,10H,1,8-9H2,2-4H3,(H,13,14). The van der Waals surface area contributed by atoms with Crippen molar-refractivity contribution in [2.45, 2.75) is 33.6 Å². The highest BCUT2D eigenvalue weighted by atomic mass is 16.4. The predicted molar refractivity (Wildman–Crippen MR) is 59.2 cm³/mol. The van der Waals surface area contributed by atoms with Crippen LogP contribution >= 0.6 is 0 Å². The van der Waals surface area contributed by atoms with Crippen molar-refractivity contribution in [2.24, 2.45) is 11.3 Å². The van der Waals surface area contributed by atoms with E-state index in [1.807, 2.05) is 18.2 Å². The molecule has 0 amide bonds. The summed E-state index contributed by atoms with van der Waals surface area (Å²) in [5.41, 5.74) is -0.659. The molecule has 0 rings (SSSR count). The van der Waals surface area contributed by atoms with Gasteiger partial charge >= 0.3 is 5.97 Å². The number of carbonyl (C=O) groups is 1. The molecule has 2 heteroatoms. The quantitative estimate of drug-likeness (QED) is 0.662. The molecule has 2 nitrogen and oxygen atoms in total. The molecule has 14 heavy (non-hydrogen) atoms. The molecule has 0 radical (unpaired) electrons. The number of carboxylic acids is 1. The summed E-state index contributed by atoms with van der Waals surface area (Å²) < 4.78 is 0. The molecule has 0 aromatic rings. The zero-order valence-electron chi connectivity index (χ0n) is 9.29. The number of aliphatic carboxylic acids is 1. The number of carboxylic acid groups (broad SMARTS) is 1. The number of allylic oxidation sites excluding steroid dienone is 3. The van der Waals surface area contributed by atoms with E-state index in [1.54, 1.807) is 13.8 Å². The van der Waals surface area contributed by atoms with Crippen molar-refractivity contribution in [2.75, 3.05) is 0 Å². The Labute approximate surface area is 86.3 Å². The molecule has 0 spiro atoms. The van der Waals surface area contributed by atoms with Gasteiger partial charge in [0.15, 0.2) is 0 Å². The van der Waals surface area contributed by atoms with E-state index in [9.17, 15) is 4.79 Å². The Kier molecular flexibility index (Phi) is 5.21. The zero-order valence-corrected chi connectivity index (χ0v) is 9.29. The first kappa shape index (κ1) is 12.9. The van der Waals surface area contributed by atoms with Gasteiger partial charge in [0, 0.05) is 0 Å². The molecule has 0 bridgehead atoms. The van der Waals surface area contributed by atoms with Crippen LogP contribution in [0.4, 0.5) is 0 Å². The van der Waals surface area contributed by atoms with Gasteiger partial charge in [0.05, 0.1) is 5.41 Å². The van der Waals surface area contributed by atoms with Crippen LogP contribution in [0.3, 0.4) is 0 Å². The molecule has 1 N–H and O–H groups in total. The fraction of sp³-hybridized carbons (Fsp3) is 0.583. The van der Waals surface area contributed by atoms with Gasteiger partial charge in [-0.25, -0.2) is 0 Å². The fourth-order valence-corrected chi connectivity index (χ4v) is 0.872. The molecule has 80 valence electrons. The summed E-state index contributed by atoms with van der Waals surface area (Å²) in [5, 5.41) is 8.85. The molecule has 0 aromatic heterocycles. The van der Waals surface area contributed by atoms with Gasteiger partial charge in [0.1, 0.15) is 0 Å². The van der Waals surface area contributed by atoms with E-state index >= 15 is 0 Å². The van der Waals surface area contributed by atoms with Gasteiger partial charge in [-0.15, -0.1) is 6.58 Å². The van der Waals surface area contributed by atoms with E-state index in [1.165, 1.54) is 0 Å². The molecule has 1 atom stereocenters. The Balaban J connectivity index is 3.93. The van der Waals surface area contributed by atoms with Crippen LogP contribution in [0.5, 0.6) is 0 Å². The lowest BCUT2D eigenvalue weighted by Crippen LogP contribution is -2.22. The van der Waals surface area contributed by atoms with E-state index in [4.69, 9.17) is 5.11 Å². The third-order valence-corrected chi connectivity index (χ3v) is 2.28. The molecule has 0 heterocycles. The maximum absolute atomic E-state index is 10.8. The third kappa shape index (κ3) is 4.85. The molecule has 0 saturated heterocycles. The van der Waals surface area contributed by atoms with E-state index < -0.39 is 11.4 Å². The summed E-state index contributed by atoms with van der Waals surface area (Å²) in [7, 11) is 0. The minimum Gasteiger partial charge on any atom is -0.481 e. The largest absolute Gasteiger partial charge is 0.481 e. The molecule has 1 unspecified atom stereocenters. The van der Waals surface area contributed by atoms with Gasteiger partial charge < -0.3 is 5.11 Å². The van der Waals surface area contributed by atoms with E-state index in [0.29, 0.717) is 12.3 Å². The van der Waals surface area contributed by atoms with Crippen molar-refractivity contribution in [1.82, 2.24) is 0 Å². The van der Waals surface area contributed by atoms with Crippen molar-refractivity contribution in [1.29, 1.82) is 0 Å². The van der Waals surface area contributed by atoms with Gasteiger partial charge in [0.25, 0.3) is 0 Å². The zero-order chi connectivity index (χ0) is 11.2. The first-order chi connectivity index (χ1) is 6.40. The molecular formula is C12H20O2. The van der Waals surface area contributed by atoms with Crippen LogP contribution in [-0.2, 0) is 4.79 Å². The van der Waals surface area contributed by atoms with Crippen LogP contribution in [0.15, 0.2) is 24.8 Å². The number of hydrogen-bond acceptors (Lipinski definition) is 1. The van der Waals surface area contributed by atoms with Crippen molar-refractivity contribution < 1.29 is 9.90 Å². The maximum Gasteiger partial charge on any atom is 0.309 e. The van der Waals surface area contributed by atoms with Crippen LogP contribution in [-0.4, -0.2) is 11.1 Å². The highest BCUT2D eigenvalue weighted by Gasteiger charge is 2.24. The van der Waals surface area contributed by atoms with Crippen LogP contribution < -0.4 is 0 Å². The van der Waals surface area contributed by atoms with Crippen molar-refractivity contribution in [3.05, 3.63) is 24.8 Å². The lowest BCUT2D eigenvalue weighted by atomic mass is 9.89. The Morgan fingerprint density at radius 3 is 2.50 bits per heavy atom. The van der Waals surface area contributed by atoms with Crippen LogP contribution in [0.1, 0.15) is 33.6 Å². The molecule has 0 saturated carbocycles. The Hall–Kier alpha value is -1.05. The van der Waals surface area contributed by atoms with Crippen LogP contribution in [0.2, 0.25) is 0 Å². The summed E-state index contributed by atoms with van der Waals surface area (Å²) in [6.45, 7) is 9.24. The van der Waals surface area contributed by atoms with Crippen LogP contribution in [0, 0.1) is 11.3 Å². The van der Waals surface area contributed by atoms with E-state index in [0.717, 1.165) is 6.42 Å². The molecule has 0 fully saturated rings. The van der Waals surface area contributed by atoms with Gasteiger partial charge in [0.2, 0.25) is 0 Å².